The van der Waals surface area contributed by atoms with Gasteiger partial charge in [-0.1, -0.05) is 36.4 Å². The summed E-state index contributed by atoms with van der Waals surface area (Å²) >= 11 is 0. The van der Waals surface area contributed by atoms with Crippen molar-refractivity contribution in [3.8, 4) is 0 Å². The number of nitrogens with zero attached hydrogens (tertiary/aromatic N) is 1. The summed E-state index contributed by atoms with van der Waals surface area (Å²) in [5.41, 5.74) is 9.25. The van der Waals surface area contributed by atoms with Crippen LogP contribution < -0.4 is 12.4 Å². The maximum absolute atomic E-state index is 3.66. The topological polar surface area (TPSA) is 3.24 Å². The number of halogens is 1. The summed E-state index contributed by atoms with van der Waals surface area (Å²) in [7, 11) is 4.26. The van der Waals surface area contributed by atoms with Gasteiger partial charge in [-0.25, -0.2) is 0 Å². The van der Waals surface area contributed by atoms with Crippen LogP contribution in [0, 0.1) is 5.92 Å². The summed E-state index contributed by atoms with van der Waals surface area (Å²) in [5, 5.41) is 0. The van der Waals surface area contributed by atoms with Crippen LogP contribution in [0.5, 0.6) is 0 Å². The molecule has 0 unspecified atom stereocenters. The van der Waals surface area contributed by atoms with Crippen molar-refractivity contribution < 1.29 is 32.8 Å². The molecule has 0 atom stereocenters. The molecule has 0 aliphatic heterocycles. The van der Waals surface area contributed by atoms with Crippen LogP contribution in [0.15, 0.2) is 53.3 Å². The van der Waals surface area contributed by atoms with E-state index in [-0.39, 0.29) is 32.8 Å². The van der Waals surface area contributed by atoms with E-state index in [9.17, 15) is 0 Å². The smallest absolute Gasteiger partial charge is 0.0321 e. The normalized spacial score (nSPS) is 17.0. The number of aryl methyl sites for hydroxylation is 2. The van der Waals surface area contributed by atoms with E-state index in [0.717, 1.165) is 32.2 Å². The van der Waals surface area contributed by atoms with E-state index in [1.807, 2.05) is 0 Å². The molecule has 0 spiro atoms. The van der Waals surface area contributed by atoms with E-state index in [1.165, 1.54) is 28.2 Å². The number of hydrogen-bond donors (Lipinski definition) is 0. The Labute approximate surface area is 154 Å². The van der Waals surface area contributed by atoms with Crippen molar-refractivity contribution >= 4 is 0 Å². The summed E-state index contributed by atoms with van der Waals surface area (Å²) in [6.07, 6.45) is 9.01. The number of allylic oxidation sites excluding steroid dienone is 2. The molecule has 1 radical (unpaired) electrons. The molecular weight excluding hydrogens is 384 g/mol. The Bertz CT molecular complexity index is 580. The van der Waals surface area contributed by atoms with Gasteiger partial charge in [0.2, 0.25) is 0 Å². The molecule has 0 amide bonds. The van der Waals surface area contributed by atoms with Gasteiger partial charge in [-0.3, -0.25) is 0 Å². The molecule has 0 fully saturated rings. The summed E-state index contributed by atoms with van der Waals surface area (Å²) in [6.45, 7) is 0.987. The fraction of sp³-hybridized carbons (Fsp3) is 0.368. The zero-order valence-corrected chi connectivity index (χ0v) is 15.5. The first-order chi connectivity index (χ1) is 9.70. The van der Waals surface area contributed by atoms with E-state index in [4.69, 9.17) is 0 Å². The SMILES string of the molecule is CN(C)CC1=C=C2C=C[C]1CCc1ccc(cc1)CC2.[Cl-].[Pd]. The third-order valence-corrected chi connectivity index (χ3v) is 4.05. The minimum atomic E-state index is 0. The molecular formula is C19H22ClNPd-. The predicted molar refractivity (Wildman–Crippen MR) is 84.6 cm³/mol. The summed E-state index contributed by atoms with van der Waals surface area (Å²) in [4.78, 5) is 2.23. The summed E-state index contributed by atoms with van der Waals surface area (Å²) < 4.78 is 0. The second kappa shape index (κ2) is 8.88. The third-order valence-electron chi connectivity index (χ3n) is 4.05. The van der Waals surface area contributed by atoms with Crippen molar-refractivity contribution in [1.29, 1.82) is 0 Å². The minimum Gasteiger partial charge on any atom is -1.00 e. The molecule has 0 saturated carbocycles. The van der Waals surface area contributed by atoms with E-state index < -0.39 is 0 Å². The molecule has 0 aromatic heterocycles. The van der Waals surface area contributed by atoms with Crippen LogP contribution in [0.4, 0.5) is 0 Å². The van der Waals surface area contributed by atoms with Gasteiger partial charge < -0.3 is 17.3 Å². The van der Waals surface area contributed by atoms with Crippen LogP contribution in [-0.2, 0) is 33.3 Å². The average Bonchev–Trinajstić information content (AvgIpc) is 2.42. The van der Waals surface area contributed by atoms with E-state index in [2.05, 4.69) is 61.1 Å². The molecule has 0 heterocycles. The maximum Gasteiger partial charge on any atom is 0.0321 e. The van der Waals surface area contributed by atoms with Crippen LogP contribution in [0.3, 0.4) is 0 Å². The fourth-order valence-corrected chi connectivity index (χ4v) is 2.89. The Balaban J connectivity index is 0.00000121. The standard InChI is InChI=1S/C19H22N.ClH.Pd/c1-20(2)14-19-13-17-8-7-15-3-5-16(6-4-15)9-11-18(19)12-10-17;;/h3-6,10,12H,7-9,11,14H2,1-2H3;1H;/p-1. The Morgan fingerprint density at radius 3 is 2.09 bits per heavy atom. The van der Waals surface area contributed by atoms with Crippen molar-refractivity contribution in [2.75, 3.05) is 20.6 Å². The number of benzene rings is 1. The largest absolute Gasteiger partial charge is 1.00 e. The number of hydrogen-bond acceptors (Lipinski definition) is 1. The van der Waals surface area contributed by atoms with Gasteiger partial charge in [-0.2, -0.15) is 0 Å². The Morgan fingerprint density at radius 1 is 0.909 bits per heavy atom. The molecule has 5 aliphatic rings. The van der Waals surface area contributed by atoms with E-state index in [1.54, 1.807) is 0 Å². The third kappa shape index (κ3) is 4.95. The first kappa shape index (κ1) is 19.4. The molecule has 0 N–H and O–H groups in total. The zero-order chi connectivity index (χ0) is 13.9. The van der Waals surface area contributed by atoms with Crippen molar-refractivity contribution in [1.82, 2.24) is 4.90 Å². The van der Waals surface area contributed by atoms with Crippen molar-refractivity contribution in [3.05, 3.63) is 70.3 Å². The minimum absolute atomic E-state index is 0. The van der Waals surface area contributed by atoms with Crippen LogP contribution in [0.1, 0.15) is 24.0 Å². The molecule has 3 heteroatoms. The zero-order valence-electron chi connectivity index (χ0n) is 13.1. The summed E-state index contributed by atoms with van der Waals surface area (Å²) in [5.74, 6) is 1.45. The van der Waals surface area contributed by atoms with Gasteiger partial charge in [0, 0.05) is 32.9 Å². The van der Waals surface area contributed by atoms with Gasteiger partial charge in [0.1, 0.15) is 0 Å². The fourth-order valence-electron chi connectivity index (χ4n) is 2.89. The molecule has 4 bridgehead atoms. The second-order valence-electron chi connectivity index (χ2n) is 6.04. The molecule has 1 nitrogen and oxygen atoms in total. The van der Waals surface area contributed by atoms with Crippen molar-refractivity contribution in [3.63, 3.8) is 0 Å². The van der Waals surface area contributed by atoms with Gasteiger partial charge in [-0.15, -0.1) is 5.73 Å². The van der Waals surface area contributed by atoms with Crippen LogP contribution in [0.2, 0.25) is 0 Å². The molecule has 1 aromatic rings. The Kier molecular flexibility index (Phi) is 7.84. The van der Waals surface area contributed by atoms with Gasteiger partial charge in [-0.05, 0) is 62.1 Å². The molecule has 5 aliphatic carbocycles. The second-order valence-corrected chi connectivity index (χ2v) is 6.04. The van der Waals surface area contributed by atoms with Crippen molar-refractivity contribution in [2.45, 2.75) is 25.7 Å². The number of rotatable bonds is 2. The number of likely N-dealkylation sites (N-methyl/N-ethyl adjacent to an activating group) is 1. The molecule has 1 aromatic carbocycles. The Hall–Kier alpha value is -0.608. The van der Waals surface area contributed by atoms with E-state index >= 15 is 0 Å². The quantitative estimate of drug-likeness (QED) is 0.517. The molecule has 22 heavy (non-hydrogen) atoms. The van der Waals surface area contributed by atoms with Gasteiger partial charge >= 0.3 is 0 Å². The first-order valence-electron chi connectivity index (χ1n) is 7.46. The van der Waals surface area contributed by atoms with Gasteiger partial charge in [0.25, 0.3) is 0 Å². The molecule has 6 rings (SSSR count). The van der Waals surface area contributed by atoms with Crippen LogP contribution in [-0.4, -0.2) is 25.5 Å². The first-order valence-corrected chi connectivity index (χ1v) is 7.46. The monoisotopic (exact) mass is 405 g/mol. The Morgan fingerprint density at radius 2 is 1.50 bits per heavy atom. The molecule has 121 valence electrons. The van der Waals surface area contributed by atoms with E-state index in [0.29, 0.717) is 0 Å². The van der Waals surface area contributed by atoms with Gasteiger partial charge in [0.05, 0.1) is 0 Å². The van der Waals surface area contributed by atoms with Gasteiger partial charge in [0.15, 0.2) is 0 Å². The van der Waals surface area contributed by atoms with Crippen LogP contribution in [0.25, 0.3) is 0 Å². The molecule has 0 saturated heterocycles. The average molecular weight is 406 g/mol. The maximum atomic E-state index is 3.66. The summed E-state index contributed by atoms with van der Waals surface area (Å²) in [6, 6.07) is 9.14. The van der Waals surface area contributed by atoms with Crippen molar-refractivity contribution in [2.24, 2.45) is 0 Å². The predicted octanol–water partition coefficient (Wildman–Crippen LogP) is 0.724. The van der Waals surface area contributed by atoms with Crippen LogP contribution >= 0.6 is 0 Å².